The highest BCUT2D eigenvalue weighted by Gasteiger charge is 2.61. The van der Waals surface area contributed by atoms with Crippen molar-refractivity contribution >= 4 is 23.6 Å². The van der Waals surface area contributed by atoms with Gasteiger partial charge in [-0.3, -0.25) is 9.59 Å². The molecule has 0 saturated carbocycles. The SMILES string of the molecule is CC[C@H]1OC(=O)[C@@](C)(F)C(=O)[C@H](C)[C@@H](O[C@@H]2O[C@H](C)C[C@H](N(C)C)[C@H]2O)[C@@H](C)C[C@@H](C)C(=O)[C@H](C)[C@H]2N(CCCCN=[N+]=[N-])C(=O)O[C@]12C. The molecule has 1 amide bonds. The summed E-state index contributed by atoms with van der Waals surface area (Å²) < 4.78 is 40.5. The fourth-order valence-electron chi connectivity index (χ4n) is 7.98. The van der Waals surface area contributed by atoms with E-state index < -0.39 is 83.4 Å². The molecule has 0 bridgehead atoms. The summed E-state index contributed by atoms with van der Waals surface area (Å²) in [6.45, 7) is 13.1. The fourth-order valence-corrected chi connectivity index (χ4v) is 7.98. The number of aliphatic hydroxyl groups excluding tert-OH is 1. The van der Waals surface area contributed by atoms with Crippen molar-refractivity contribution in [3.8, 4) is 0 Å². The van der Waals surface area contributed by atoms with Crippen LogP contribution in [0.15, 0.2) is 5.11 Å². The monoisotopic (exact) mass is 697 g/mol. The second-order valence-corrected chi connectivity index (χ2v) is 14.8. The Labute approximate surface area is 288 Å². The summed E-state index contributed by atoms with van der Waals surface area (Å²) >= 11 is 0. The summed E-state index contributed by atoms with van der Waals surface area (Å²) in [5, 5.41) is 14.7. The maximum absolute atomic E-state index is 16.5. The molecule has 49 heavy (non-hydrogen) atoms. The van der Waals surface area contributed by atoms with Crippen LogP contribution in [0.5, 0.6) is 0 Å². The van der Waals surface area contributed by atoms with E-state index in [-0.39, 0.29) is 43.9 Å². The highest BCUT2D eigenvalue weighted by Crippen LogP contribution is 2.42. The Balaban J connectivity index is 2.06. The lowest BCUT2D eigenvalue weighted by atomic mass is 9.74. The Morgan fingerprint density at radius 1 is 1.08 bits per heavy atom. The van der Waals surface area contributed by atoms with Crippen LogP contribution in [0.2, 0.25) is 0 Å². The van der Waals surface area contributed by atoms with Gasteiger partial charge in [0.05, 0.1) is 18.2 Å². The van der Waals surface area contributed by atoms with Crippen LogP contribution in [0.25, 0.3) is 10.4 Å². The van der Waals surface area contributed by atoms with Gasteiger partial charge in [-0.15, -0.1) is 0 Å². The third-order valence-electron chi connectivity index (χ3n) is 10.7. The first-order valence-corrected chi connectivity index (χ1v) is 17.5. The van der Waals surface area contributed by atoms with E-state index in [1.165, 1.54) is 11.8 Å². The van der Waals surface area contributed by atoms with Gasteiger partial charge in [0.2, 0.25) is 0 Å². The zero-order valence-electron chi connectivity index (χ0n) is 30.6. The van der Waals surface area contributed by atoms with Crippen LogP contribution in [0, 0.1) is 23.7 Å². The molecule has 3 aliphatic rings. The van der Waals surface area contributed by atoms with Crippen LogP contribution in [0.4, 0.5) is 9.18 Å². The predicted molar refractivity (Wildman–Crippen MR) is 177 cm³/mol. The van der Waals surface area contributed by atoms with Crippen LogP contribution in [-0.4, -0.2) is 120 Å². The normalized spacial score (nSPS) is 41.1. The molecule has 3 aliphatic heterocycles. The van der Waals surface area contributed by atoms with Gasteiger partial charge in [-0.1, -0.05) is 39.7 Å². The molecule has 0 radical (unpaired) electrons. The average Bonchev–Trinajstić information content (AvgIpc) is 3.30. The number of carbonyl (C=O) groups is 4. The number of likely N-dealkylation sites (N-methyl/N-ethyl adjacent to an activating group) is 1. The quantitative estimate of drug-likeness (QED) is 0.0893. The lowest BCUT2D eigenvalue weighted by Gasteiger charge is -2.44. The molecule has 3 rings (SSSR count). The molecular weight excluding hydrogens is 641 g/mol. The molecule has 0 unspecified atom stereocenters. The molecule has 3 saturated heterocycles. The number of aliphatic hydroxyl groups is 1. The minimum Gasteiger partial charge on any atom is -0.455 e. The van der Waals surface area contributed by atoms with Gasteiger partial charge in [0.25, 0.3) is 5.67 Å². The van der Waals surface area contributed by atoms with Gasteiger partial charge in [-0.05, 0) is 78.4 Å². The Bertz CT molecular complexity index is 1260. The Morgan fingerprint density at radius 3 is 2.33 bits per heavy atom. The minimum absolute atomic E-state index is 0.0952. The number of amides is 1. The van der Waals surface area contributed by atoms with Crippen molar-refractivity contribution in [1.29, 1.82) is 0 Å². The van der Waals surface area contributed by atoms with Crippen molar-refractivity contribution in [3.63, 3.8) is 0 Å². The third-order valence-corrected chi connectivity index (χ3v) is 10.7. The van der Waals surface area contributed by atoms with Crippen molar-refractivity contribution in [1.82, 2.24) is 9.80 Å². The summed E-state index contributed by atoms with van der Waals surface area (Å²) in [5.74, 6) is -5.85. The van der Waals surface area contributed by atoms with Crippen molar-refractivity contribution < 1.29 is 47.6 Å². The average molecular weight is 698 g/mol. The standard InChI is InChI=1S/C34H56FN5O9/c1-11-24-34(8)28(40(32(45)49-34)15-13-12-14-37-38-36)21(5)25(41)18(2)16-19(3)27(22(6)29(43)33(7,35)31(44)47-24)48-30-26(42)23(39(9)10)17-20(4)46-30/h18-24,26-28,30,42H,11-17H2,1-10H3/t18-,19+,20-,21+,22-,23+,24-,26-,27+,28-,30+,33+,34-/m1/s1. The molecule has 15 heteroatoms. The topological polar surface area (TPSA) is 181 Å². The molecule has 0 spiro atoms. The first-order chi connectivity index (χ1) is 22.8. The molecule has 0 aromatic heterocycles. The number of hydrogen-bond donors (Lipinski definition) is 1. The highest BCUT2D eigenvalue weighted by atomic mass is 19.1. The summed E-state index contributed by atoms with van der Waals surface area (Å²) in [4.78, 5) is 61.2. The molecule has 13 atom stereocenters. The maximum atomic E-state index is 16.5. The molecule has 3 fully saturated rings. The predicted octanol–water partition coefficient (Wildman–Crippen LogP) is 4.60. The molecule has 0 aliphatic carbocycles. The number of Topliss-reactive ketones (excluding diaryl/α,β-unsaturated/α-hetero) is 2. The number of nitrogens with zero attached hydrogens (tertiary/aromatic N) is 5. The molecular formula is C34H56FN5O9. The van der Waals surface area contributed by atoms with Crippen LogP contribution in [-0.2, 0) is 33.3 Å². The van der Waals surface area contributed by atoms with Gasteiger partial charge < -0.3 is 33.9 Å². The highest BCUT2D eigenvalue weighted by molar-refractivity contribution is 6.07. The second kappa shape index (κ2) is 16.5. The lowest BCUT2D eigenvalue weighted by Crippen LogP contribution is -2.59. The Hall–Kier alpha value is -2.84. The summed E-state index contributed by atoms with van der Waals surface area (Å²) in [7, 11) is 3.66. The molecule has 278 valence electrons. The number of fused-ring (bicyclic) bond motifs is 1. The Morgan fingerprint density at radius 2 is 1.73 bits per heavy atom. The number of azide groups is 1. The van der Waals surface area contributed by atoms with E-state index in [0.29, 0.717) is 19.3 Å². The number of ketones is 2. The number of unbranched alkanes of at least 4 members (excludes halogenated alkanes) is 1. The first kappa shape index (κ1) is 40.6. The summed E-state index contributed by atoms with van der Waals surface area (Å²) in [6, 6.07) is -1.21. The molecule has 0 aromatic rings. The smallest absolute Gasteiger partial charge is 0.410 e. The number of halogens is 1. The minimum atomic E-state index is -3.10. The number of cyclic esters (lactones) is 1. The van der Waals surface area contributed by atoms with Gasteiger partial charge in [0.1, 0.15) is 18.0 Å². The lowest BCUT2D eigenvalue weighted by molar-refractivity contribution is -0.278. The van der Waals surface area contributed by atoms with Crippen molar-refractivity contribution in [2.24, 2.45) is 28.8 Å². The number of rotatable bonds is 9. The van der Waals surface area contributed by atoms with E-state index in [1.807, 2.05) is 25.9 Å². The van der Waals surface area contributed by atoms with E-state index in [0.717, 1.165) is 6.92 Å². The number of esters is 1. The van der Waals surface area contributed by atoms with Crippen molar-refractivity contribution in [2.45, 2.75) is 142 Å². The molecule has 14 nitrogen and oxygen atoms in total. The molecule has 0 aromatic carbocycles. The number of hydrogen-bond acceptors (Lipinski definition) is 11. The number of carbonyl (C=O) groups excluding carboxylic acids is 4. The summed E-state index contributed by atoms with van der Waals surface area (Å²) in [6.07, 6.45) is -3.71. The zero-order chi connectivity index (χ0) is 37.0. The third kappa shape index (κ3) is 8.56. The summed E-state index contributed by atoms with van der Waals surface area (Å²) in [5.41, 5.74) is 3.96. The van der Waals surface area contributed by atoms with E-state index in [4.69, 9.17) is 24.5 Å². The van der Waals surface area contributed by atoms with Crippen molar-refractivity contribution in [3.05, 3.63) is 10.4 Å². The van der Waals surface area contributed by atoms with Crippen LogP contribution in [0.3, 0.4) is 0 Å². The maximum Gasteiger partial charge on any atom is 0.410 e. The van der Waals surface area contributed by atoms with E-state index in [2.05, 4.69) is 10.0 Å². The van der Waals surface area contributed by atoms with Gasteiger partial charge in [0.15, 0.2) is 17.7 Å². The van der Waals surface area contributed by atoms with Crippen molar-refractivity contribution in [2.75, 3.05) is 27.2 Å². The zero-order valence-corrected chi connectivity index (χ0v) is 30.6. The second-order valence-electron chi connectivity index (χ2n) is 14.8. The van der Waals surface area contributed by atoms with Gasteiger partial charge in [0, 0.05) is 41.8 Å². The molecule has 3 heterocycles. The fraction of sp³-hybridized carbons (Fsp3) is 0.882. The number of ether oxygens (including phenoxy) is 4. The number of alkyl halides is 1. The largest absolute Gasteiger partial charge is 0.455 e. The van der Waals surface area contributed by atoms with Gasteiger partial charge >= 0.3 is 12.1 Å². The van der Waals surface area contributed by atoms with E-state index in [1.54, 1.807) is 34.6 Å². The van der Waals surface area contributed by atoms with E-state index >= 15 is 4.39 Å². The Kier molecular flexibility index (Phi) is 13.6. The van der Waals surface area contributed by atoms with E-state index in [9.17, 15) is 24.3 Å². The first-order valence-electron chi connectivity index (χ1n) is 17.5. The molecule has 1 N–H and O–H groups in total. The van der Waals surface area contributed by atoms with Gasteiger partial charge in [-0.25, -0.2) is 14.0 Å². The van der Waals surface area contributed by atoms with Crippen LogP contribution >= 0.6 is 0 Å². The van der Waals surface area contributed by atoms with Gasteiger partial charge in [-0.2, -0.15) is 0 Å². The van der Waals surface area contributed by atoms with Crippen LogP contribution < -0.4 is 0 Å². The van der Waals surface area contributed by atoms with Crippen LogP contribution in [0.1, 0.15) is 87.5 Å².